The van der Waals surface area contributed by atoms with Crippen LogP contribution in [0.15, 0.2) is 24.3 Å². The maximum Gasteiger partial charge on any atom is 0.253 e. The van der Waals surface area contributed by atoms with Crippen LogP contribution in [0, 0.1) is 5.92 Å². The Balaban J connectivity index is 2.02. The van der Waals surface area contributed by atoms with E-state index in [1.54, 1.807) is 36.2 Å². The Morgan fingerprint density at radius 1 is 1.14 bits per heavy atom. The minimum Gasteiger partial charge on any atom is -0.341 e. The highest BCUT2D eigenvalue weighted by molar-refractivity contribution is 6.01. The number of hydrogen-bond acceptors (Lipinski definition) is 3. The predicted octanol–water partition coefficient (Wildman–Crippen LogP) is 2.06. The molecule has 0 atom stereocenters. The van der Waals surface area contributed by atoms with Gasteiger partial charge in [0.05, 0.1) is 6.54 Å². The number of nitrogens with zero attached hydrogens (tertiary/aromatic N) is 2. The molecule has 0 bridgehead atoms. The van der Waals surface area contributed by atoms with E-state index in [-0.39, 0.29) is 24.3 Å². The molecule has 118 valence electrons. The normalized spacial score (nSPS) is 14.8. The van der Waals surface area contributed by atoms with E-state index < -0.39 is 0 Å². The number of carbonyl (C=O) groups is 3. The molecule has 1 fully saturated rings. The summed E-state index contributed by atoms with van der Waals surface area (Å²) >= 11 is 0. The van der Waals surface area contributed by atoms with Crippen molar-refractivity contribution in [2.24, 2.45) is 5.92 Å². The van der Waals surface area contributed by atoms with Gasteiger partial charge in [0, 0.05) is 32.0 Å². The van der Waals surface area contributed by atoms with Gasteiger partial charge in [-0.3, -0.25) is 19.3 Å². The van der Waals surface area contributed by atoms with Crippen molar-refractivity contribution >= 4 is 17.7 Å². The summed E-state index contributed by atoms with van der Waals surface area (Å²) < 4.78 is 0. The van der Waals surface area contributed by atoms with E-state index in [1.165, 1.54) is 4.90 Å². The second kappa shape index (κ2) is 6.73. The van der Waals surface area contributed by atoms with Crippen molar-refractivity contribution < 1.29 is 14.4 Å². The van der Waals surface area contributed by atoms with E-state index in [4.69, 9.17) is 0 Å². The predicted molar refractivity (Wildman–Crippen MR) is 83.0 cm³/mol. The van der Waals surface area contributed by atoms with Gasteiger partial charge in [-0.15, -0.1) is 0 Å². The SMILES string of the molecule is CC(C)CN(C)C(=O)c1ccc(CN2C(=O)CCC2=O)cc1. The Bertz CT molecular complexity index is 562. The number of hydrogen-bond donors (Lipinski definition) is 0. The summed E-state index contributed by atoms with van der Waals surface area (Å²) in [5, 5.41) is 0. The zero-order chi connectivity index (χ0) is 16.3. The van der Waals surface area contributed by atoms with E-state index in [0.29, 0.717) is 30.9 Å². The van der Waals surface area contributed by atoms with Crippen LogP contribution in [0.25, 0.3) is 0 Å². The number of likely N-dealkylation sites (tertiary alicyclic amines) is 1. The molecule has 1 aromatic rings. The van der Waals surface area contributed by atoms with Crippen LogP contribution in [0.2, 0.25) is 0 Å². The highest BCUT2D eigenvalue weighted by atomic mass is 16.2. The lowest BCUT2D eigenvalue weighted by atomic mass is 10.1. The van der Waals surface area contributed by atoms with E-state index in [2.05, 4.69) is 13.8 Å². The van der Waals surface area contributed by atoms with Crippen LogP contribution in [0.5, 0.6) is 0 Å². The molecule has 1 saturated heterocycles. The van der Waals surface area contributed by atoms with Crippen LogP contribution in [-0.2, 0) is 16.1 Å². The van der Waals surface area contributed by atoms with Gasteiger partial charge in [-0.2, -0.15) is 0 Å². The van der Waals surface area contributed by atoms with Gasteiger partial charge in [0.15, 0.2) is 0 Å². The van der Waals surface area contributed by atoms with Gasteiger partial charge in [-0.05, 0) is 23.6 Å². The quantitative estimate of drug-likeness (QED) is 0.782. The smallest absolute Gasteiger partial charge is 0.253 e. The van der Waals surface area contributed by atoms with Crippen LogP contribution < -0.4 is 0 Å². The lowest BCUT2D eigenvalue weighted by Gasteiger charge is -2.19. The summed E-state index contributed by atoms with van der Waals surface area (Å²) in [4.78, 5) is 38.4. The first-order valence-corrected chi connectivity index (χ1v) is 7.56. The van der Waals surface area contributed by atoms with Crippen molar-refractivity contribution in [1.29, 1.82) is 0 Å². The first kappa shape index (κ1) is 16.2. The molecular formula is C17H22N2O3. The second-order valence-corrected chi connectivity index (χ2v) is 6.15. The Hall–Kier alpha value is -2.17. The summed E-state index contributed by atoms with van der Waals surface area (Å²) in [5.41, 5.74) is 1.47. The van der Waals surface area contributed by atoms with Crippen LogP contribution in [0.4, 0.5) is 0 Å². The average Bonchev–Trinajstić information content (AvgIpc) is 2.78. The van der Waals surface area contributed by atoms with E-state index in [1.807, 2.05) is 0 Å². The highest BCUT2D eigenvalue weighted by Crippen LogP contribution is 2.16. The molecule has 0 N–H and O–H groups in total. The largest absolute Gasteiger partial charge is 0.341 e. The third-order valence-corrected chi connectivity index (χ3v) is 3.68. The fourth-order valence-electron chi connectivity index (χ4n) is 2.59. The van der Waals surface area contributed by atoms with Crippen LogP contribution >= 0.6 is 0 Å². The minimum atomic E-state index is -0.123. The van der Waals surface area contributed by atoms with Gasteiger partial charge in [0.2, 0.25) is 11.8 Å². The van der Waals surface area contributed by atoms with E-state index in [0.717, 1.165) is 5.56 Å². The summed E-state index contributed by atoms with van der Waals surface area (Å²) in [6.45, 7) is 5.12. The number of benzene rings is 1. The summed E-state index contributed by atoms with van der Waals surface area (Å²) in [5.74, 6) is 0.151. The number of rotatable bonds is 5. The first-order valence-electron chi connectivity index (χ1n) is 7.56. The Kier molecular flexibility index (Phi) is 4.96. The molecule has 22 heavy (non-hydrogen) atoms. The van der Waals surface area contributed by atoms with Gasteiger partial charge >= 0.3 is 0 Å². The van der Waals surface area contributed by atoms with Crippen molar-refractivity contribution in [2.45, 2.75) is 33.2 Å². The average molecular weight is 302 g/mol. The lowest BCUT2D eigenvalue weighted by Crippen LogP contribution is -2.30. The van der Waals surface area contributed by atoms with Crippen molar-refractivity contribution in [3.8, 4) is 0 Å². The molecule has 5 heteroatoms. The molecule has 5 nitrogen and oxygen atoms in total. The molecule has 1 aliphatic heterocycles. The molecule has 1 aliphatic rings. The van der Waals surface area contributed by atoms with Crippen molar-refractivity contribution in [3.63, 3.8) is 0 Å². The maximum absolute atomic E-state index is 12.2. The molecule has 2 rings (SSSR count). The summed E-state index contributed by atoms with van der Waals surface area (Å²) in [6.07, 6.45) is 0.602. The molecule has 1 heterocycles. The fourth-order valence-corrected chi connectivity index (χ4v) is 2.59. The van der Waals surface area contributed by atoms with Crippen LogP contribution in [-0.4, -0.2) is 41.1 Å². The Labute approximate surface area is 130 Å². The molecule has 0 aromatic heterocycles. The monoisotopic (exact) mass is 302 g/mol. The third-order valence-electron chi connectivity index (χ3n) is 3.68. The standard InChI is InChI=1S/C17H22N2O3/c1-12(2)10-18(3)17(22)14-6-4-13(5-7-14)11-19-15(20)8-9-16(19)21/h4-7,12H,8-11H2,1-3H3. The molecule has 0 radical (unpaired) electrons. The molecule has 0 aliphatic carbocycles. The van der Waals surface area contributed by atoms with Gasteiger partial charge in [0.25, 0.3) is 5.91 Å². The van der Waals surface area contributed by atoms with E-state index in [9.17, 15) is 14.4 Å². The fraction of sp³-hybridized carbons (Fsp3) is 0.471. The van der Waals surface area contributed by atoms with Crippen molar-refractivity contribution in [3.05, 3.63) is 35.4 Å². The number of amides is 3. The van der Waals surface area contributed by atoms with Crippen molar-refractivity contribution in [1.82, 2.24) is 9.80 Å². The Morgan fingerprint density at radius 3 is 2.18 bits per heavy atom. The first-order chi connectivity index (χ1) is 10.4. The molecule has 3 amide bonds. The number of imide groups is 1. The zero-order valence-corrected chi connectivity index (χ0v) is 13.3. The minimum absolute atomic E-state index is 0.0198. The topological polar surface area (TPSA) is 57.7 Å². The van der Waals surface area contributed by atoms with Crippen LogP contribution in [0.1, 0.15) is 42.6 Å². The summed E-state index contributed by atoms with van der Waals surface area (Å²) in [6, 6.07) is 7.10. The van der Waals surface area contributed by atoms with Gasteiger partial charge in [-0.25, -0.2) is 0 Å². The van der Waals surface area contributed by atoms with Gasteiger partial charge in [0.1, 0.15) is 0 Å². The summed E-state index contributed by atoms with van der Waals surface area (Å²) in [7, 11) is 1.79. The molecule has 0 saturated carbocycles. The highest BCUT2D eigenvalue weighted by Gasteiger charge is 2.28. The zero-order valence-electron chi connectivity index (χ0n) is 13.3. The molecule has 0 spiro atoms. The molecule has 1 aromatic carbocycles. The maximum atomic E-state index is 12.2. The van der Waals surface area contributed by atoms with Crippen LogP contribution in [0.3, 0.4) is 0 Å². The van der Waals surface area contributed by atoms with Gasteiger partial charge in [-0.1, -0.05) is 26.0 Å². The third kappa shape index (κ3) is 3.72. The molecular weight excluding hydrogens is 280 g/mol. The van der Waals surface area contributed by atoms with E-state index >= 15 is 0 Å². The Morgan fingerprint density at radius 2 is 1.68 bits per heavy atom. The second-order valence-electron chi connectivity index (χ2n) is 6.15. The molecule has 0 unspecified atom stereocenters. The van der Waals surface area contributed by atoms with Crippen molar-refractivity contribution in [2.75, 3.05) is 13.6 Å². The van der Waals surface area contributed by atoms with Gasteiger partial charge < -0.3 is 4.90 Å². The lowest BCUT2D eigenvalue weighted by molar-refractivity contribution is -0.139. The number of carbonyl (C=O) groups excluding carboxylic acids is 3.